The molecule has 0 N–H and O–H groups in total. The van der Waals surface area contributed by atoms with Gasteiger partial charge in [-0.25, -0.2) is 8.42 Å². The summed E-state index contributed by atoms with van der Waals surface area (Å²) in [6.45, 7) is 4.61. The lowest BCUT2D eigenvalue weighted by Gasteiger charge is -2.16. The number of hydrogen-bond donors (Lipinski definition) is 0. The Morgan fingerprint density at radius 2 is 1.71 bits per heavy atom. The Kier molecular flexibility index (Phi) is 5.08. The average Bonchev–Trinajstić information content (AvgIpc) is 3.21. The van der Waals surface area contributed by atoms with E-state index in [2.05, 4.69) is 36.1 Å². The Bertz CT molecular complexity index is 775. The smallest absolute Gasteiger partial charge is 0.276 e. The Labute approximate surface area is 143 Å². The van der Waals surface area contributed by atoms with Crippen molar-refractivity contribution < 1.29 is 12.8 Å². The highest BCUT2D eigenvalue weighted by molar-refractivity contribution is 7.89. The molecule has 24 heavy (non-hydrogen) atoms. The summed E-state index contributed by atoms with van der Waals surface area (Å²) in [5.74, 6) is 0.669. The van der Waals surface area contributed by atoms with Crippen molar-refractivity contribution in [3.8, 4) is 0 Å². The molecule has 5 nitrogen and oxygen atoms in total. The highest BCUT2D eigenvalue weighted by Crippen LogP contribution is 2.23. The van der Waals surface area contributed by atoms with Crippen LogP contribution in [-0.2, 0) is 23.1 Å². The minimum Gasteiger partial charge on any atom is -0.447 e. The van der Waals surface area contributed by atoms with Crippen molar-refractivity contribution in [1.82, 2.24) is 9.21 Å². The van der Waals surface area contributed by atoms with Crippen LogP contribution in [0.15, 0.2) is 45.9 Å². The zero-order chi connectivity index (χ0) is 17.2. The van der Waals surface area contributed by atoms with E-state index < -0.39 is 10.0 Å². The van der Waals surface area contributed by atoms with Crippen LogP contribution in [0.5, 0.6) is 0 Å². The summed E-state index contributed by atoms with van der Waals surface area (Å²) in [6, 6.07) is 11.7. The van der Waals surface area contributed by atoms with E-state index >= 15 is 0 Å². The van der Waals surface area contributed by atoms with Gasteiger partial charge in [-0.2, -0.15) is 4.31 Å². The summed E-state index contributed by atoms with van der Waals surface area (Å²) in [5, 5.41) is 0.0585. The maximum Gasteiger partial charge on any atom is 0.276 e. The van der Waals surface area contributed by atoms with E-state index in [1.807, 2.05) is 7.05 Å². The number of hydrogen-bond acceptors (Lipinski definition) is 4. The number of benzene rings is 1. The van der Waals surface area contributed by atoms with Crippen molar-refractivity contribution in [2.75, 3.05) is 20.1 Å². The van der Waals surface area contributed by atoms with Gasteiger partial charge >= 0.3 is 0 Å². The fourth-order valence-corrected chi connectivity index (χ4v) is 4.41. The summed E-state index contributed by atoms with van der Waals surface area (Å²) in [7, 11) is -1.47. The lowest BCUT2D eigenvalue weighted by atomic mass is 10.1. The third-order valence-electron chi connectivity index (χ3n) is 4.30. The zero-order valence-electron chi connectivity index (χ0n) is 14.2. The first-order chi connectivity index (χ1) is 11.4. The number of nitrogens with zero attached hydrogens (tertiary/aromatic N) is 2. The molecule has 0 saturated carbocycles. The van der Waals surface area contributed by atoms with Gasteiger partial charge in [-0.1, -0.05) is 29.8 Å². The van der Waals surface area contributed by atoms with E-state index in [1.165, 1.54) is 15.4 Å². The van der Waals surface area contributed by atoms with Gasteiger partial charge in [0.05, 0.1) is 6.54 Å². The van der Waals surface area contributed by atoms with Gasteiger partial charge in [0.25, 0.3) is 10.0 Å². The summed E-state index contributed by atoms with van der Waals surface area (Å²) < 4.78 is 32.1. The highest BCUT2D eigenvalue weighted by atomic mass is 32.2. The molecule has 1 aliphatic rings. The summed E-state index contributed by atoms with van der Waals surface area (Å²) in [6.07, 6.45) is 1.85. The largest absolute Gasteiger partial charge is 0.447 e. The normalized spacial score (nSPS) is 16.1. The molecule has 0 bridgehead atoms. The Morgan fingerprint density at radius 3 is 2.38 bits per heavy atom. The van der Waals surface area contributed by atoms with Gasteiger partial charge in [0.15, 0.2) is 0 Å². The molecular formula is C18H24N2O3S. The number of furan rings is 1. The van der Waals surface area contributed by atoms with Crippen LogP contribution >= 0.6 is 0 Å². The molecule has 2 aromatic rings. The molecule has 1 aromatic heterocycles. The standard InChI is InChI=1S/C18H24N2O3S/c1-15-5-7-16(8-6-15)13-19(2)14-17-9-10-18(23-17)24(21,22)20-11-3-4-12-20/h5-10H,3-4,11-14H2,1-2H3. The van der Waals surface area contributed by atoms with Crippen molar-refractivity contribution >= 4 is 10.0 Å². The van der Waals surface area contributed by atoms with Crippen LogP contribution in [0.4, 0.5) is 0 Å². The SMILES string of the molecule is Cc1ccc(CN(C)Cc2ccc(S(=O)(=O)N3CCCC3)o2)cc1. The zero-order valence-corrected chi connectivity index (χ0v) is 15.1. The van der Waals surface area contributed by atoms with Gasteiger partial charge in [-0.15, -0.1) is 0 Å². The second kappa shape index (κ2) is 7.09. The van der Waals surface area contributed by atoms with Crippen LogP contribution in [-0.4, -0.2) is 37.8 Å². The number of rotatable bonds is 6. The van der Waals surface area contributed by atoms with Gasteiger partial charge < -0.3 is 4.42 Å². The van der Waals surface area contributed by atoms with E-state index in [1.54, 1.807) is 12.1 Å². The molecule has 130 valence electrons. The second-order valence-electron chi connectivity index (χ2n) is 6.49. The van der Waals surface area contributed by atoms with E-state index in [0.29, 0.717) is 25.4 Å². The van der Waals surface area contributed by atoms with Crippen LogP contribution in [0.3, 0.4) is 0 Å². The van der Waals surface area contributed by atoms with Crippen LogP contribution in [0.2, 0.25) is 0 Å². The van der Waals surface area contributed by atoms with E-state index in [4.69, 9.17) is 4.42 Å². The molecule has 0 atom stereocenters. The van der Waals surface area contributed by atoms with E-state index in [-0.39, 0.29) is 5.09 Å². The van der Waals surface area contributed by atoms with Gasteiger partial charge in [0.2, 0.25) is 5.09 Å². The lowest BCUT2D eigenvalue weighted by molar-refractivity contribution is 0.273. The van der Waals surface area contributed by atoms with Crippen molar-refractivity contribution in [1.29, 1.82) is 0 Å². The Balaban J connectivity index is 1.64. The van der Waals surface area contributed by atoms with Crippen LogP contribution in [0, 0.1) is 6.92 Å². The molecular weight excluding hydrogens is 324 g/mol. The quantitative estimate of drug-likeness (QED) is 0.805. The first-order valence-corrected chi connectivity index (χ1v) is 9.72. The molecule has 0 amide bonds. The minimum atomic E-state index is -3.47. The highest BCUT2D eigenvalue weighted by Gasteiger charge is 2.29. The van der Waals surface area contributed by atoms with Crippen molar-refractivity contribution in [3.63, 3.8) is 0 Å². The van der Waals surface area contributed by atoms with Crippen LogP contribution in [0.25, 0.3) is 0 Å². The van der Waals surface area contributed by atoms with E-state index in [0.717, 1.165) is 19.4 Å². The summed E-state index contributed by atoms with van der Waals surface area (Å²) >= 11 is 0. The number of aryl methyl sites for hydroxylation is 1. The third kappa shape index (κ3) is 3.88. The fourth-order valence-electron chi connectivity index (χ4n) is 2.96. The van der Waals surface area contributed by atoms with Gasteiger partial charge in [-0.05, 0) is 44.5 Å². The molecule has 3 rings (SSSR count). The van der Waals surface area contributed by atoms with Crippen LogP contribution < -0.4 is 0 Å². The topological polar surface area (TPSA) is 53.8 Å². The maximum atomic E-state index is 12.5. The molecule has 0 radical (unpaired) electrons. The van der Waals surface area contributed by atoms with Gasteiger partial charge in [-0.3, -0.25) is 4.90 Å². The summed E-state index contributed by atoms with van der Waals surface area (Å²) in [4.78, 5) is 2.11. The predicted octanol–water partition coefficient (Wildman–Crippen LogP) is 3.00. The van der Waals surface area contributed by atoms with Crippen molar-refractivity contribution in [2.24, 2.45) is 0 Å². The molecule has 0 unspecified atom stereocenters. The molecule has 0 spiro atoms. The maximum absolute atomic E-state index is 12.5. The molecule has 0 aliphatic carbocycles. The van der Waals surface area contributed by atoms with Crippen molar-refractivity contribution in [2.45, 2.75) is 37.9 Å². The first-order valence-electron chi connectivity index (χ1n) is 8.28. The molecule has 1 fully saturated rings. The Hall–Kier alpha value is -1.63. The molecule has 6 heteroatoms. The fraction of sp³-hybridized carbons (Fsp3) is 0.444. The number of sulfonamides is 1. The molecule has 2 heterocycles. The monoisotopic (exact) mass is 348 g/mol. The van der Waals surface area contributed by atoms with E-state index in [9.17, 15) is 8.42 Å². The second-order valence-corrected chi connectivity index (χ2v) is 8.36. The summed E-state index contributed by atoms with van der Waals surface area (Å²) in [5.41, 5.74) is 2.46. The average molecular weight is 348 g/mol. The minimum absolute atomic E-state index is 0.0585. The Morgan fingerprint density at radius 1 is 1.04 bits per heavy atom. The first kappa shape index (κ1) is 17.2. The van der Waals surface area contributed by atoms with Gasteiger partial charge in [0.1, 0.15) is 5.76 Å². The molecule has 1 saturated heterocycles. The predicted molar refractivity (Wildman–Crippen MR) is 93.1 cm³/mol. The van der Waals surface area contributed by atoms with Gasteiger partial charge in [0, 0.05) is 19.6 Å². The van der Waals surface area contributed by atoms with Crippen molar-refractivity contribution in [3.05, 3.63) is 53.3 Å². The molecule has 1 aromatic carbocycles. The van der Waals surface area contributed by atoms with Crippen LogP contribution in [0.1, 0.15) is 29.7 Å². The third-order valence-corrected chi connectivity index (χ3v) is 6.07. The lowest BCUT2D eigenvalue weighted by Crippen LogP contribution is -2.27. The molecule has 1 aliphatic heterocycles.